The van der Waals surface area contributed by atoms with Crippen molar-refractivity contribution in [1.29, 1.82) is 0 Å². The molecular formula is C14H11F2N5O3. The summed E-state index contributed by atoms with van der Waals surface area (Å²) in [5, 5.41) is 16.9. The predicted molar refractivity (Wildman–Crippen MR) is 79.0 cm³/mol. The van der Waals surface area contributed by atoms with Crippen molar-refractivity contribution in [2.75, 3.05) is 0 Å². The Morgan fingerprint density at radius 2 is 2.17 bits per heavy atom. The zero-order valence-electron chi connectivity index (χ0n) is 12.2. The lowest BCUT2D eigenvalue weighted by atomic mass is 10.2. The first-order valence-electron chi connectivity index (χ1n) is 6.79. The molecule has 0 spiro atoms. The lowest BCUT2D eigenvalue weighted by Gasteiger charge is -2.17. The van der Waals surface area contributed by atoms with E-state index in [0.29, 0.717) is 6.07 Å². The molecule has 0 bridgehead atoms. The Bertz CT molecular complexity index is 984. The minimum absolute atomic E-state index is 0.0378. The van der Waals surface area contributed by atoms with Crippen LogP contribution in [0.2, 0.25) is 0 Å². The topological polar surface area (TPSA) is 113 Å². The van der Waals surface area contributed by atoms with Gasteiger partial charge in [0.15, 0.2) is 0 Å². The Hall–Kier alpha value is -3.30. The van der Waals surface area contributed by atoms with Crippen molar-refractivity contribution in [2.24, 2.45) is 0 Å². The molecule has 1 aromatic carbocycles. The van der Waals surface area contributed by atoms with Gasteiger partial charge < -0.3 is 10.4 Å². The Balaban J connectivity index is 2.38. The number of H-pyrrole nitrogens is 1. The van der Waals surface area contributed by atoms with Gasteiger partial charge in [0.05, 0.1) is 17.8 Å². The molecule has 1 atom stereocenters. The number of hydrogen-bond acceptors (Lipinski definition) is 4. The molecule has 10 heteroatoms. The summed E-state index contributed by atoms with van der Waals surface area (Å²) in [4.78, 5) is 27.7. The summed E-state index contributed by atoms with van der Waals surface area (Å²) in [5.74, 6) is -1.81. The van der Waals surface area contributed by atoms with E-state index in [1.54, 1.807) is 0 Å². The van der Waals surface area contributed by atoms with E-state index < -0.39 is 34.7 Å². The SMILES string of the molecule is CC(NC(=O)O)c1nc2cc(F)cc(F)c2c(=O)n1-c1ccn[nH]1. The van der Waals surface area contributed by atoms with Crippen LogP contribution in [0, 0.1) is 11.6 Å². The Labute approximate surface area is 132 Å². The molecule has 3 N–H and O–H groups in total. The number of amides is 1. The van der Waals surface area contributed by atoms with Crippen molar-refractivity contribution in [3.8, 4) is 5.82 Å². The molecule has 3 aromatic rings. The number of nitrogens with one attached hydrogen (secondary N) is 2. The maximum atomic E-state index is 14.0. The molecule has 0 aliphatic heterocycles. The first-order valence-corrected chi connectivity index (χ1v) is 6.79. The Morgan fingerprint density at radius 1 is 1.42 bits per heavy atom. The number of halogens is 2. The summed E-state index contributed by atoms with van der Waals surface area (Å²) in [6.07, 6.45) is 0.0323. The molecule has 124 valence electrons. The van der Waals surface area contributed by atoms with Gasteiger partial charge >= 0.3 is 6.09 Å². The molecule has 0 aliphatic carbocycles. The van der Waals surface area contributed by atoms with Crippen LogP contribution in [0.3, 0.4) is 0 Å². The highest BCUT2D eigenvalue weighted by molar-refractivity contribution is 5.79. The van der Waals surface area contributed by atoms with Crippen LogP contribution in [0.25, 0.3) is 16.7 Å². The summed E-state index contributed by atoms with van der Waals surface area (Å²) in [6.45, 7) is 1.45. The third-order valence-electron chi connectivity index (χ3n) is 3.37. The maximum absolute atomic E-state index is 14.0. The van der Waals surface area contributed by atoms with Crippen LogP contribution in [0.5, 0.6) is 0 Å². The highest BCUT2D eigenvalue weighted by atomic mass is 19.1. The van der Waals surface area contributed by atoms with Crippen LogP contribution >= 0.6 is 0 Å². The summed E-state index contributed by atoms with van der Waals surface area (Å²) < 4.78 is 28.5. The summed E-state index contributed by atoms with van der Waals surface area (Å²) >= 11 is 0. The minimum atomic E-state index is -1.33. The number of benzene rings is 1. The van der Waals surface area contributed by atoms with E-state index in [9.17, 15) is 18.4 Å². The number of carbonyl (C=O) groups is 1. The van der Waals surface area contributed by atoms with Gasteiger partial charge in [-0.25, -0.2) is 23.1 Å². The molecule has 2 heterocycles. The fourth-order valence-electron chi connectivity index (χ4n) is 2.40. The van der Waals surface area contributed by atoms with Gasteiger partial charge in [-0.2, -0.15) is 5.10 Å². The standard InChI is InChI=1S/C14H11F2N5O3/c1-6(18-14(23)24)12-19-9-5-7(15)4-8(16)11(9)13(22)21(12)10-2-3-17-20-10/h2-6,18H,1H3,(H,17,20)(H,23,24). The van der Waals surface area contributed by atoms with E-state index in [2.05, 4.69) is 20.5 Å². The second-order valence-electron chi connectivity index (χ2n) is 5.01. The number of aromatic nitrogens is 4. The van der Waals surface area contributed by atoms with E-state index in [-0.39, 0.29) is 17.2 Å². The molecule has 0 aliphatic rings. The lowest BCUT2D eigenvalue weighted by Crippen LogP contribution is -2.33. The van der Waals surface area contributed by atoms with Gasteiger partial charge in [-0.05, 0) is 6.92 Å². The average Bonchev–Trinajstić information content (AvgIpc) is 2.98. The van der Waals surface area contributed by atoms with Crippen molar-refractivity contribution in [3.63, 3.8) is 0 Å². The highest BCUT2D eigenvalue weighted by Crippen LogP contribution is 2.19. The second-order valence-corrected chi connectivity index (χ2v) is 5.01. The van der Waals surface area contributed by atoms with Gasteiger partial charge in [0.25, 0.3) is 5.56 Å². The highest BCUT2D eigenvalue weighted by Gasteiger charge is 2.22. The number of nitrogens with zero attached hydrogens (tertiary/aromatic N) is 3. The first kappa shape index (κ1) is 15.6. The zero-order chi connectivity index (χ0) is 17.4. The number of aromatic amines is 1. The van der Waals surface area contributed by atoms with Crippen LogP contribution < -0.4 is 10.9 Å². The average molecular weight is 335 g/mol. The van der Waals surface area contributed by atoms with Crippen molar-refractivity contribution in [3.05, 3.63) is 52.2 Å². The van der Waals surface area contributed by atoms with E-state index in [4.69, 9.17) is 5.11 Å². The maximum Gasteiger partial charge on any atom is 0.405 e. The molecule has 0 radical (unpaired) electrons. The lowest BCUT2D eigenvalue weighted by molar-refractivity contribution is 0.190. The smallest absolute Gasteiger partial charge is 0.405 e. The van der Waals surface area contributed by atoms with Gasteiger partial charge in [0, 0.05) is 18.2 Å². The molecule has 1 unspecified atom stereocenters. The number of fused-ring (bicyclic) bond motifs is 1. The number of rotatable bonds is 3. The van der Waals surface area contributed by atoms with Crippen molar-refractivity contribution < 1.29 is 18.7 Å². The summed E-state index contributed by atoms with van der Waals surface area (Å²) in [6, 6.07) is 2.01. The molecule has 24 heavy (non-hydrogen) atoms. The fraction of sp³-hybridized carbons (Fsp3) is 0.143. The number of carboxylic acid groups (broad SMARTS) is 1. The summed E-state index contributed by atoms with van der Waals surface area (Å²) in [5.41, 5.74) is -1.02. The monoisotopic (exact) mass is 335 g/mol. The van der Waals surface area contributed by atoms with Crippen molar-refractivity contribution in [1.82, 2.24) is 25.1 Å². The predicted octanol–water partition coefficient (Wildman–Crippen LogP) is 1.72. The van der Waals surface area contributed by atoms with Gasteiger partial charge in [-0.15, -0.1) is 0 Å². The van der Waals surface area contributed by atoms with Crippen molar-refractivity contribution >= 4 is 17.0 Å². The van der Waals surface area contributed by atoms with E-state index in [1.807, 2.05) is 0 Å². The van der Waals surface area contributed by atoms with Gasteiger partial charge in [-0.3, -0.25) is 9.89 Å². The zero-order valence-corrected chi connectivity index (χ0v) is 12.2. The molecule has 3 rings (SSSR count). The van der Waals surface area contributed by atoms with Crippen LogP contribution in [0.4, 0.5) is 13.6 Å². The molecule has 2 aromatic heterocycles. The number of hydrogen-bond donors (Lipinski definition) is 3. The van der Waals surface area contributed by atoms with Crippen molar-refractivity contribution in [2.45, 2.75) is 13.0 Å². The Morgan fingerprint density at radius 3 is 2.79 bits per heavy atom. The third-order valence-corrected chi connectivity index (χ3v) is 3.37. The second kappa shape index (κ2) is 5.72. The van der Waals surface area contributed by atoms with E-state index >= 15 is 0 Å². The van der Waals surface area contributed by atoms with Crippen LogP contribution in [0.1, 0.15) is 18.8 Å². The van der Waals surface area contributed by atoms with Gasteiger partial charge in [0.2, 0.25) is 0 Å². The first-order chi connectivity index (χ1) is 11.4. The quantitative estimate of drug-likeness (QED) is 0.674. The van der Waals surface area contributed by atoms with Crippen LogP contribution in [-0.4, -0.2) is 30.9 Å². The van der Waals surface area contributed by atoms with Crippen LogP contribution in [0.15, 0.2) is 29.2 Å². The molecule has 8 nitrogen and oxygen atoms in total. The van der Waals surface area contributed by atoms with Crippen LogP contribution in [-0.2, 0) is 0 Å². The molecule has 0 saturated carbocycles. The van der Waals surface area contributed by atoms with E-state index in [0.717, 1.165) is 10.6 Å². The molecular weight excluding hydrogens is 324 g/mol. The third kappa shape index (κ3) is 2.57. The van der Waals surface area contributed by atoms with E-state index in [1.165, 1.54) is 19.2 Å². The molecule has 0 fully saturated rings. The molecule has 1 amide bonds. The fourth-order valence-corrected chi connectivity index (χ4v) is 2.40. The summed E-state index contributed by atoms with van der Waals surface area (Å²) in [7, 11) is 0. The minimum Gasteiger partial charge on any atom is -0.465 e. The largest absolute Gasteiger partial charge is 0.465 e. The van der Waals surface area contributed by atoms with Gasteiger partial charge in [-0.1, -0.05) is 0 Å². The normalized spacial score (nSPS) is 12.3. The Kier molecular flexibility index (Phi) is 3.72. The molecule has 0 saturated heterocycles. The van der Waals surface area contributed by atoms with Gasteiger partial charge in [0.1, 0.15) is 28.7 Å².